The topological polar surface area (TPSA) is 50.5 Å². The summed E-state index contributed by atoms with van der Waals surface area (Å²) >= 11 is 0. The van der Waals surface area contributed by atoms with E-state index < -0.39 is 0 Å². The van der Waals surface area contributed by atoms with Crippen molar-refractivity contribution >= 4 is 6.21 Å². The molecule has 0 amide bonds. The van der Waals surface area contributed by atoms with Crippen molar-refractivity contribution in [2.75, 3.05) is 6.54 Å². The van der Waals surface area contributed by atoms with Gasteiger partial charge in [0.2, 0.25) is 0 Å². The van der Waals surface area contributed by atoms with Crippen molar-refractivity contribution in [2.24, 2.45) is 0 Å². The maximum Gasteiger partial charge on any atom is 0.140 e. The van der Waals surface area contributed by atoms with E-state index in [-0.39, 0.29) is 40.1 Å². The van der Waals surface area contributed by atoms with E-state index in [0.717, 1.165) is 13.0 Å². The van der Waals surface area contributed by atoms with Crippen LogP contribution in [0.25, 0.3) is 0 Å². The smallest absolute Gasteiger partial charge is 0.140 e. The number of quaternary nitrogens is 1. The lowest BCUT2D eigenvalue weighted by Gasteiger charge is -1.89. The summed E-state index contributed by atoms with van der Waals surface area (Å²) in [6, 6.07) is 0. The Morgan fingerprint density at radius 1 is 1.00 bits per heavy atom. The van der Waals surface area contributed by atoms with Crippen molar-refractivity contribution < 1.29 is 39.0 Å². The first-order chi connectivity index (χ1) is 4.91. The Bertz CT molecular complexity index is 87.7. The van der Waals surface area contributed by atoms with Gasteiger partial charge in [0.1, 0.15) is 12.8 Å². The van der Waals surface area contributed by atoms with E-state index in [2.05, 4.69) is 25.1 Å². The molecule has 0 aromatic heterocycles. The second-order valence-corrected chi connectivity index (χ2v) is 2.63. The van der Waals surface area contributed by atoms with Gasteiger partial charge in [0.05, 0.1) is 0 Å². The summed E-state index contributed by atoms with van der Waals surface area (Å²) in [4.78, 5) is 3.27. The Kier molecular flexibility index (Phi) is 41.3. The van der Waals surface area contributed by atoms with Gasteiger partial charge in [0.15, 0.2) is 0 Å². The maximum absolute atomic E-state index is 3.27. The van der Waals surface area contributed by atoms with Crippen LogP contribution in [0.15, 0.2) is 0 Å². The number of rotatable bonds is 6. The van der Waals surface area contributed by atoms with Crippen LogP contribution >= 0.6 is 0 Å². The van der Waals surface area contributed by atoms with Crippen LogP contribution in [0.2, 0.25) is 0 Å². The zero-order chi connectivity index (χ0) is 7.66. The number of hydrogen-bond donors (Lipinski definition) is 2. The SMILES string of the molecule is CCC=[NH+]CCCCCC.[Br-].[Br-].[NH4+]. The molecule has 0 aromatic rings. The Morgan fingerprint density at radius 2 is 1.62 bits per heavy atom. The van der Waals surface area contributed by atoms with Crippen molar-refractivity contribution in [2.45, 2.75) is 46.0 Å². The predicted molar refractivity (Wildman–Crippen MR) is 52.3 cm³/mol. The highest BCUT2D eigenvalue weighted by Gasteiger charge is 1.86. The molecule has 0 saturated carbocycles. The highest BCUT2D eigenvalue weighted by Crippen LogP contribution is 1.95. The number of halogens is 2. The summed E-state index contributed by atoms with van der Waals surface area (Å²) in [7, 11) is 0. The molecule has 0 unspecified atom stereocenters. The average Bonchev–Trinajstić information content (AvgIpc) is 1.97. The van der Waals surface area contributed by atoms with Gasteiger partial charge in [0.25, 0.3) is 0 Å². The molecule has 0 bridgehead atoms. The van der Waals surface area contributed by atoms with E-state index in [1.807, 2.05) is 0 Å². The van der Waals surface area contributed by atoms with E-state index in [0.29, 0.717) is 0 Å². The monoisotopic (exact) mass is 318 g/mol. The molecular formula is C9H24Br2N2. The molecule has 0 aromatic carbocycles. The lowest BCUT2D eigenvalue weighted by molar-refractivity contribution is -0.453. The molecule has 0 aliphatic heterocycles. The van der Waals surface area contributed by atoms with Gasteiger partial charge in [-0.15, -0.1) is 0 Å². The van der Waals surface area contributed by atoms with Crippen LogP contribution in [-0.2, 0) is 0 Å². The molecule has 0 saturated heterocycles. The summed E-state index contributed by atoms with van der Waals surface area (Å²) in [5, 5.41) is 0. The minimum Gasteiger partial charge on any atom is -1.00 e. The Labute approximate surface area is 104 Å². The summed E-state index contributed by atoms with van der Waals surface area (Å²) < 4.78 is 0. The zero-order valence-electron chi connectivity index (χ0n) is 9.08. The molecule has 0 aliphatic carbocycles. The fraction of sp³-hybridized carbons (Fsp3) is 0.889. The van der Waals surface area contributed by atoms with Crippen LogP contribution in [0.3, 0.4) is 0 Å². The van der Waals surface area contributed by atoms with Gasteiger partial charge in [-0.3, -0.25) is 4.99 Å². The van der Waals surface area contributed by atoms with Crippen LogP contribution in [-0.4, -0.2) is 12.8 Å². The summed E-state index contributed by atoms with van der Waals surface area (Å²) in [5.41, 5.74) is 0. The van der Waals surface area contributed by atoms with Crippen LogP contribution < -0.4 is 45.1 Å². The number of unbranched alkanes of at least 4 members (excludes halogenated alkanes) is 3. The van der Waals surface area contributed by atoms with E-state index >= 15 is 0 Å². The van der Waals surface area contributed by atoms with Gasteiger partial charge < -0.3 is 40.1 Å². The van der Waals surface area contributed by atoms with Gasteiger partial charge in [-0.25, -0.2) is 0 Å². The molecule has 0 fully saturated rings. The Hall–Kier alpha value is 0.590. The Morgan fingerprint density at radius 3 is 2.08 bits per heavy atom. The fourth-order valence-electron chi connectivity index (χ4n) is 0.900. The van der Waals surface area contributed by atoms with Crippen LogP contribution in [0.5, 0.6) is 0 Å². The van der Waals surface area contributed by atoms with E-state index in [1.165, 1.54) is 25.7 Å². The van der Waals surface area contributed by atoms with Crippen LogP contribution in [0, 0.1) is 0 Å². The molecule has 0 aliphatic rings. The van der Waals surface area contributed by atoms with Gasteiger partial charge in [0, 0.05) is 12.8 Å². The first-order valence-electron chi connectivity index (χ1n) is 4.46. The highest BCUT2D eigenvalue weighted by atomic mass is 79.9. The van der Waals surface area contributed by atoms with Crippen molar-refractivity contribution in [3.63, 3.8) is 0 Å². The number of hydrogen-bond acceptors (Lipinski definition) is 0. The van der Waals surface area contributed by atoms with Crippen molar-refractivity contribution in [1.29, 1.82) is 0 Å². The molecule has 4 heteroatoms. The molecule has 2 nitrogen and oxygen atoms in total. The first-order valence-corrected chi connectivity index (χ1v) is 4.46. The third kappa shape index (κ3) is 24.5. The van der Waals surface area contributed by atoms with Gasteiger partial charge in [-0.1, -0.05) is 26.7 Å². The van der Waals surface area contributed by atoms with E-state index in [4.69, 9.17) is 0 Å². The highest BCUT2D eigenvalue weighted by molar-refractivity contribution is 5.48. The van der Waals surface area contributed by atoms with Crippen molar-refractivity contribution in [1.82, 2.24) is 6.15 Å². The van der Waals surface area contributed by atoms with E-state index in [1.54, 1.807) is 0 Å². The lowest BCUT2D eigenvalue weighted by Crippen LogP contribution is -3.00. The zero-order valence-corrected chi connectivity index (χ0v) is 12.2. The minimum atomic E-state index is 0. The molecule has 5 N–H and O–H groups in total. The maximum atomic E-state index is 3.27. The van der Waals surface area contributed by atoms with Gasteiger partial charge >= 0.3 is 0 Å². The quantitative estimate of drug-likeness (QED) is 0.366. The second-order valence-electron chi connectivity index (χ2n) is 2.63. The molecule has 0 radical (unpaired) electrons. The molecule has 13 heavy (non-hydrogen) atoms. The standard InChI is InChI=1S/C9H19N.2BrH.H3N/c1-3-5-6-7-9-10-8-4-2;;;/h8H,3-7,9H2,1-2H3;2*1H;1H3. The fourth-order valence-corrected chi connectivity index (χ4v) is 0.900. The van der Waals surface area contributed by atoms with Crippen LogP contribution in [0.1, 0.15) is 46.0 Å². The molecule has 0 atom stereocenters. The predicted octanol–water partition coefficient (Wildman–Crippen LogP) is -4.49. The molecule has 0 rings (SSSR count). The summed E-state index contributed by atoms with van der Waals surface area (Å²) in [6.45, 7) is 5.55. The largest absolute Gasteiger partial charge is 1.00 e. The third-order valence-electron chi connectivity index (χ3n) is 1.52. The normalized spacial score (nSPS) is 8.46. The second kappa shape index (κ2) is 22.9. The summed E-state index contributed by atoms with van der Waals surface area (Å²) in [5.74, 6) is 0. The summed E-state index contributed by atoms with van der Waals surface area (Å²) in [6.07, 6.45) is 8.68. The third-order valence-corrected chi connectivity index (χ3v) is 1.52. The average molecular weight is 320 g/mol. The Balaban J connectivity index is -0.000000135. The van der Waals surface area contributed by atoms with Crippen molar-refractivity contribution in [3.8, 4) is 0 Å². The minimum absolute atomic E-state index is 0. The molecule has 0 heterocycles. The van der Waals surface area contributed by atoms with E-state index in [9.17, 15) is 0 Å². The van der Waals surface area contributed by atoms with Crippen molar-refractivity contribution in [3.05, 3.63) is 0 Å². The first kappa shape index (κ1) is 23.4. The van der Waals surface area contributed by atoms with Gasteiger partial charge in [-0.05, 0) is 6.42 Å². The molecule has 0 spiro atoms. The van der Waals surface area contributed by atoms with Crippen LogP contribution in [0.4, 0.5) is 0 Å². The van der Waals surface area contributed by atoms with Gasteiger partial charge in [-0.2, -0.15) is 0 Å². The molecular weight excluding hydrogens is 296 g/mol. The lowest BCUT2D eigenvalue weighted by atomic mass is 10.2. The molecule has 84 valence electrons. The number of nitrogens with one attached hydrogen (secondary N) is 1.